The van der Waals surface area contributed by atoms with Crippen molar-refractivity contribution in [3.63, 3.8) is 0 Å². The van der Waals surface area contributed by atoms with Gasteiger partial charge in [0.2, 0.25) is 5.91 Å². The van der Waals surface area contributed by atoms with Crippen LogP contribution in [0.4, 0.5) is 0 Å². The Kier molecular flexibility index (Phi) is 49.1. The highest BCUT2D eigenvalue weighted by Crippen LogP contribution is 2.15. The molecule has 0 aliphatic heterocycles. The molecule has 0 heterocycles. The van der Waals surface area contributed by atoms with Gasteiger partial charge >= 0.3 is 5.97 Å². The maximum Gasteiger partial charge on any atom is 0.305 e. The summed E-state index contributed by atoms with van der Waals surface area (Å²) in [6.07, 6.45) is 61.4. The number of ether oxygens (including phenoxy) is 1. The Bertz CT molecular complexity index is 993. The molecule has 0 saturated carbocycles. The Balaban J connectivity index is 3.50. The topological polar surface area (TPSA) is 95.9 Å². The molecule has 6 nitrogen and oxygen atoms in total. The summed E-state index contributed by atoms with van der Waals surface area (Å²) in [5.41, 5.74) is 0. The van der Waals surface area contributed by atoms with Crippen LogP contribution in [-0.2, 0) is 14.3 Å². The SMILES string of the molecule is CCCCCC/C=C\C/C=C\CCCCCCCCCC(=O)OCCCCCCCCCCCCCC(=O)NC(CO)C(O)/C=C/CCCCCCCCCCCCCCC. The molecule has 2 unspecified atom stereocenters. The summed E-state index contributed by atoms with van der Waals surface area (Å²) in [5, 5.41) is 23.1. The van der Waals surface area contributed by atoms with Crippen molar-refractivity contribution in [3.8, 4) is 0 Å². The normalized spacial score (nSPS) is 12.9. The number of aliphatic hydroxyl groups excluding tert-OH is 2. The molecular weight excluding hydrogens is 755 g/mol. The number of rotatable bonds is 49. The minimum absolute atomic E-state index is 0.0231. The Hall–Kier alpha value is -1.92. The molecular formula is C55H103NO5. The molecule has 6 heteroatoms. The molecule has 1 amide bonds. The highest BCUT2D eigenvalue weighted by Gasteiger charge is 2.18. The molecule has 0 spiro atoms. The Morgan fingerprint density at radius 3 is 1.26 bits per heavy atom. The zero-order valence-electron chi connectivity index (χ0n) is 40.6. The number of nitrogens with one attached hydrogen (secondary N) is 1. The summed E-state index contributed by atoms with van der Waals surface area (Å²) in [5.74, 6) is -0.110. The Morgan fingerprint density at radius 2 is 0.820 bits per heavy atom. The molecule has 0 radical (unpaired) electrons. The van der Waals surface area contributed by atoms with Gasteiger partial charge in [0.15, 0.2) is 0 Å². The highest BCUT2D eigenvalue weighted by atomic mass is 16.5. The van der Waals surface area contributed by atoms with Gasteiger partial charge in [-0.25, -0.2) is 0 Å². The van der Waals surface area contributed by atoms with Crippen LogP contribution in [0.3, 0.4) is 0 Å². The van der Waals surface area contributed by atoms with Crippen molar-refractivity contribution in [3.05, 3.63) is 36.5 Å². The zero-order valence-corrected chi connectivity index (χ0v) is 40.6. The summed E-state index contributed by atoms with van der Waals surface area (Å²) in [6.45, 7) is 4.84. The third kappa shape index (κ3) is 47.4. The number of hydrogen-bond donors (Lipinski definition) is 3. The van der Waals surface area contributed by atoms with Gasteiger partial charge in [0.1, 0.15) is 0 Å². The molecule has 0 aromatic rings. The molecule has 0 aliphatic carbocycles. The third-order valence-electron chi connectivity index (χ3n) is 12.2. The smallest absolute Gasteiger partial charge is 0.305 e. The first-order valence-corrected chi connectivity index (χ1v) is 26.8. The van der Waals surface area contributed by atoms with E-state index in [0.29, 0.717) is 19.4 Å². The summed E-state index contributed by atoms with van der Waals surface area (Å²) < 4.78 is 5.46. The maximum atomic E-state index is 12.4. The monoisotopic (exact) mass is 858 g/mol. The number of esters is 1. The summed E-state index contributed by atoms with van der Waals surface area (Å²) in [6, 6.07) is -0.642. The van der Waals surface area contributed by atoms with Gasteiger partial charge in [-0.1, -0.05) is 237 Å². The molecule has 0 rings (SSSR count). The average Bonchev–Trinajstić information content (AvgIpc) is 3.26. The van der Waals surface area contributed by atoms with E-state index >= 15 is 0 Å². The van der Waals surface area contributed by atoms with Crippen molar-refractivity contribution in [2.24, 2.45) is 0 Å². The van der Waals surface area contributed by atoms with E-state index in [1.165, 1.54) is 186 Å². The second-order valence-electron chi connectivity index (χ2n) is 18.2. The Morgan fingerprint density at radius 1 is 0.459 bits per heavy atom. The zero-order chi connectivity index (χ0) is 44.4. The van der Waals surface area contributed by atoms with Crippen LogP contribution < -0.4 is 5.32 Å². The number of aliphatic hydroxyl groups is 2. The number of unbranched alkanes of at least 4 members (excludes halogenated alkanes) is 34. The van der Waals surface area contributed by atoms with Crippen LogP contribution in [0, 0.1) is 0 Å². The van der Waals surface area contributed by atoms with Gasteiger partial charge in [0.25, 0.3) is 0 Å². The molecule has 358 valence electrons. The average molecular weight is 858 g/mol. The van der Waals surface area contributed by atoms with E-state index in [4.69, 9.17) is 4.74 Å². The summed E-state index contributed by atoms with van der Waals surface area (Å²) in [7, 11) is 0. The quantitative estimate of drug-likeness (QED) is 0.0322. The molecule has 0 saturated heterocycles. The lowest BCUT2D eigenvalue weighted by molar-refractivity contribution is -0.143. The molecule has 3 N–H and O–H groups in total. The van der Waals surface area contributed by atoms with Crippen molar-refractivity contribution in [1.82, 2.24) is 5.32 Å². The lowest BCUT2D eigenvalue weighted by Gasteiger charge is -2.20. The van der Waals surface area contributed by atoms with Gasteiger partial charge in [-0.3, -0.25) is 9.59 Å². The van der Waals surface area contributed by atoms with E-state index in [-0.39, 0.29) is 18.5 Å². The van der Waals surface area contributed by atoms with Gasteiger partial charge in [-0.15, -0.1) is 0 Å². The maximum absolute atomic E-state index is 12.4. The fourth-order valence-corrected chi connectivity index (χ4v) is 8.02. The standard InChI is InChI=1S/C55H103NO5/c1-3-5-7-9-11-13-15-17-19-20-21-23-25-29-33-37-41-45-49-55(60)61-50-46-42-38-34-30-26-28-32-36-40-44-48-54(59)56-52(51-57)53(58)47-43-39-35-31-27-24-22-18-16-14-12-10-8-6-4-2/h13,15,19-20,43,47,52-53,57-58H,3-12,14,16-18,21-42,44-46,48-51H2,1-2H3,(H,56,59)/b15-13-,20-19-,47-43+. The van der Waals surface area contributed by atoms with Crippen molar-refractivity contribution in [2.75, 3.05) is 13.2 Å². The number of amides is 1. The van der Waals surface area contributed by atoms with Crippen molar-refractivity contribution in [2.45, 2.75) is 289 Å². The summed E-state index contributed by atoms with van der Waals surface area (Å²) in [4.78, 5) is 24.5. The summed E-state index contributed by atoms with van der Waals surface area (Å²) >= 11 is 0. The molecule has 61 heavy (non-hydrogen) atoms. The first-order valence-electron chi connectivity index (χ1n) is 26.8. The number of allylic oxidation sites excluding steroid dienone is 5. The minimum atomic E-state index is -0.857. The minimum Gasteiger partial charge on any atom is -0.466 e. The van der Waals surface area contributed by atoms with E-state index in [1.807, 2.05) is 6.08 Å². The fraction of sp³-hybridized carbons (Fsp3) is 0.855. The first-order chi connectivity index (χ1) is 30.0. The van der Waals surface area contributed by atoms with Crippen molar-refractivity contribution in [1.29, 1.82) is 0 Å². The Labute approximate surface area is 379 Å². The largest absolute Gasteiger partial charge is 0.466 e. The van der Waals surface area contributed by atoms with E-state index < -0.39 is 12.1 Å². The van der Waals surface area contributed by atoms with E-state index in [0.717, 1.165) is 64.2 Å². The first kappa shape index (κ1) is 59.1. The molecule has 0 bridgehead atoms. The van der Waals surface area contributed by atoms with Gasteiger partial charge < -0.3 is 20.3 Å². The fourth-order valence-electron chi connectivity index (χ4n) is 8.02. The van der Waals surface area contributed by atoms with E-state index in [9.17, 15) is 19.8 Å². The second kappa shape index (κ2) is 50.7. The van der Waals surface area contributed by atoms with Crippen LogP contribution in [0.15, 0.2) is 36.5 Å². The second-order valence-corrected chi connectivity index (χ2v) is 18.2. The van der Waals surface area contributed by atoms with E-state index in [1.54, 1.807) is 6.08 Å². The predicted octanol–water partition coefficient (Wildman–Crippen LogP) is 16.1. The van der Waals surface area contributed by atoms with Crippen LogP contribution in [-0.4, -0.2) is 47.4 Å². The number of carbonyl (C=O) groups excluding carboxylic acids is 2. The van der Waals surface area contributed by atoms with Crippen LogP contribution in [0.5, 0.6) is 0 Å². The van der Waals surface area contributed by atoms with Crippen molar-refractivity contribution < 1.29 is 24.5 Å². The lowest BCUT2D eigenvalue weighted by Crippen LogP contribution is -2.45. The van der Waals surface area contributed by atoms with Gasteiger partial charge in [0, 0.05) is 12.8 Å². The van der Waals surface area contributed by atoms with Crippen LogP contribution in [0.25, 0.3) is 0 Å². The van der Waals surface area contributed by atoms with Crippen molar-refractivity contribution >= 4 is 11.9 Å². The van der Waals surface area contributed by atoms with Crippen LogP contribution >= 0.6 is 0 Å². The third-order valence-corrected chi connectivity index (χ3v) is 12.2. The molecule has 0 aromatic carbocycles. The predicted molar refractivity (Wildman–Crippen MR) is 264 cm³/mol. The van der Waals surface area contributed by atoms with E-state index in [2.05, 4.69) is 43.5 Å². The molecule has 2 atom stereocenters. The molecule has 0 fully saturated rings. The highest BCUT2D eigenvalue weighted by molar-refractivity contribution is 5.76. The van der Waals surface area contributed by atoms with Crippen LogP contribution in [0.1, 0.15) is 277 Å². The van der Waals surface area contributed by atoms with Gasteiger partial charge in [-0.05, 0) is 64.2 Å². The van der Waals surface area contributed by atoms with Crippen LogP contribution in [0.2, 0.25) is 0 Å². The van der Waals surface area contributed by atoms with Gasteiger partial charge in [-0.2, -0.15) is 0 Å². The van der Waals surface area contributed by atoms with Gasteiger partial charge in [0.05, 0.1) is 25.4 Å². The number of carbonyl (C=O) groups is 2. The molecule has 0 aliphatic rings. The number of hydrogen-bond acceptors (Lipinski definition) is 5. The lowest BCUT2D eigenvalue weighted by atomic mass is 10.0. The molecule has 0 aromatic heterocycles.